The van der Waals surface area contributed by atoms with Crippen LogP contribution in [0.5, 0.6) is 0 Å². The molecule has 0 aromatic carbocycles. The Morgan fingerprint density at radius 1 is 0.750 bits per heavy atom. The molecular formula is C10H14BN. The molecule has 0 bridgehead atoms. The lowest BCUT2D eigenvalue weighted by atomic mass is 9.60. The minimum Gasteiger partial charge on any atom is -0.340 e. The standard InChI is InChI=1S/C10H14BN/c1-12(2)11-9-7-5-3-4-6-8-10-11/h3-10H,1-2H3/b5-3-,6-4-,9-7-,10-8-. The van der Waals surface area contributed by atoms with Crippen LogP contribution in [0, 0.1) is 0 Å². The smallest absolute Gasteiger partial charge is 0.276 e. The predicted octanol–water partition coefficient (Wildman–Crippen LogP) is 1.86. The number of hydrogen-bond donors (Lipinski definition) is 0. The van der Waals surface area contributed by atoms with Crippen LogP contribution >= 0.6 is 0 Å². The van der Waals surface area contributed by atoms with E-state index in [0.717, 1.165) is 0 Å². The van der Waals surface area contributed by atoms with E-state index in [2.05, 4.69) is 43.0 Å². The molecule has 0 aliphatic carbocycles. The highest BCUT2D eigenvalue weighted by atomic mass is 15.0. The maximum atomic E-state index is 2.17. The first-order valence-corrected chi connectivity index (χ1v) is 4.15. The number of allylic oxidation sites excluding steroid dienone is 6. The van der Waals surface area contributed by atoms with E-state index in [1.54, 1.807) is 0 Å². The third-order valence-electron chi connectivity index (χ3n) is 1.77. The van der Waals surface area contributed by atoms with Gasteiger partial charge in [0, 0.05) is 0 Å². The van der Waals surface area contributed by atoms with Gasteiger partial charge in [-0.3, -0.25) is 0 Å². The van der Waals surface area contributed by atoms with Gasteiger partial charge in [-0.2, -0.15) is 0 Å². The summed E-state index contributed by atoms with van der Waals surface area (Å²) in [5, 5.41) is 0. The largest absolute Gasteiger partial charge is 0.340 e. The van der Waals surface area contributed by atoms with Crippen molar-refractivity contribution in [1.29, 1.82) is 0 Å². The van der Waals surface area contributed by atoms with E-state index in [9.17, 15) is 0 Å². The van der Waals surface area contributed by atoms with Crippen molar-refractivity contribution < 1.29 is 0 Å². The second-order valence-electron chi connectivity index (χ2n) is 2.99. The molecule has 2 heteroatoms. The minimum absolute atomic E-state index is 0.400. The molecule has 0 aromatic heterocycles. The maximum Gasteiger partial charge on any atom is 0.276 e. The zero-order valence-electron chi connectivity index (χ0n) is 7.64. The van der Waals surface area contributed by atoms with Crippen molar-refractivity contribution in [3.05, 3.63) is 48.4 Å². The summed E-state index contributed by atoms with van der Waals surface area (Å²) in [6, 6.07) is 0. The van der Waals surface area contributed by atoms with Crippen molar-refractivity contribution in [2.24, 2.45) is 0 Å². The zero-order chi connectivity index (χ0) is 8.81. The van der Waals surface area contributed by atoms with Gasteiger partial charge in [0.2, 0.25) is 0 Å². The van der Waals surface area contributed by atoms with Gasteiger partial charge >= 0.3 is 0 Å². The van der Waals surface area contributed by atoms with Gasteiger partial charge in [0.25, 0.3) is 6.85 Å². The monoisotopic (exact) mass is 159 g/mol. The molecule has 0 spiro atoms. The van der Waals surface area contributed by atoms with Gasteiger partial charge in [-0.05, 0) is 14.1 Å². The summed E-state index contributed by atoms with van der Waals surface area (Å²) in [4.78, 5) is 2.17. The Morgan fingerprint density at radius 2 is 1.17 bits per heavy atom. The van der Waals surface area contributed by atoms with Crippen LogP contribution in [0.15, 0.2) is 48.4 Å². The Hall–Kier alpha value is -1.02. The molecule has 0 saturated carbocycles. The van der Waals surface area contributed by atoms with Crippen LogP contribution in [-0.2, 0) is 0 Å². The first kappa shape index (κ1) is 9.08. The van der Waals surface area contributed by atoms with Crippen LogP contribution in [-0.4, -0.2) is 25.8 Å². The molecule has 62 valence electrons. The highest BCUT2D eigenvalue weighted by molar-refractivity contribution is 6.66. The van der Waals surface area contributed by atoms with E-state index in [0.29, 0.717) is 6.85 Å². The quantitative estimate of drug-likeness (QED) is 0.527. The molecule has 0 atom stereocenters. The van der Waals surface area contributed by atoms with Crippen molar-refractivity contribution in [3.8, 4) is 0 Å². The normalized spacial score (nSPS) is 27.1. The second kappa shape index (κ2) is 4.78. The van der Waals surface area contributed by atoms with E-state index < -0.39 is 0 Å². The second-order valence-corrected chi connectivity index (χ2v) is 2.99. The summed E-state index contributed by atoms with van der Waals surface area (Å²) in [6.07, 6.45) is 12.3. The molecule has 1 rings (SSSR count). The Kier molecular flexibility index (Phi) is 3.62. The van der Waals surface area contributed by atoms with Crippen LogP contribution in [0.25, 0.3) is 0 Å². The molecule has 0 N–H and O–H groups in total. The van der Waals surface area contributed by atoms with Gasteiger partial charge in [0.1, 0.15) is 0 Å². The van der Waals surface area contributed by atoms with E-state index in [-0.39, 0.29) is 0 Å². The summed E-state index contributed by atoms with van der Waals surface area (Å²) >= 11 is 0. The average Bonchev–Trinajstić information content (AvgIpc) is 2.15. The van der Waals surface area contributed by atoms with Crippen molar-refractivity contribution in [3.63, 3.8) is 0 Å². The lowest BCUT2D eigenvalue weighted by Crippen LogP contribution is -2.29. The van der Waals surface area contributed by atoms with E-state index >= 15 is 0 Å². The lowest BCUT2D eigenvalue weighted by Gasteiger charge is -2.12. The Bertz CT molecular complexity index is 214. The summed E-state index contributed by atoms with van der Waals surface area (Å²) in [5.74, 6) is 4.33. The van der Waals surface area contributed by atoms with Gasteiger partial charge in [-0.25, -0.2) is 0 Å². The maximum absolute atomic E-state index is 2.17. The van der Waals surface area contributed by atoms with Crippen molar-refractivity contribution in [2.75, 3.05) is 14.1 Å². The average molecular weight is 159 g/mol. The minimum atomic E-state index is 0.400. The molecule has 0 amide bonds. The molecule has 0 radical (unpaired) electrons. The van der Waals surface area contributed by atoms with Crippen LogP contribution in [0.3, 0.4) is 0 Å². The van der Waals surface area contributed by atoms with E-state index in [1.807, 2.05) is 24.3 Å². The predicted molar refractivity (Wildman–Crippen MR) is 56.0 cm³/mol. The van der Waals surface area contributed by atoms with Gasteiger partial charge < -0.3 is 4.81 Å². The van der Waals surface area contributed by atoms with Crippen LogP contribution in [0.2, 0.25) is 0 Å². The third kappa shape index (κ3) is 2.93. The fourth-order valence-electron chi connectivity index (χ4n) is 1.02. The SMILES string of the molecule is CN(C)B1\C=C/C=C\C=C/C=C\1. The first-order valence-electron chi connectivity index (χ1n) is 4.15. The van der Waals surface area contributed by atoms with Gasteiger partial charge in [-0.15, -0.1) is 0 Å². The lowest BCUT2D eigenvalue weighted by molar-refractivity contribution is 0.656. The molecule has 0 saturated heterocycles. The summed E-state index contributed by atoms with van der Waals surface area (Å²) in [6.45, 7) is 0.400. The number of rotatable bonds is 1. The first-order chi connectivity index (χ1) is 5.80. The third-order valence-corrected chi connectivity index (χ3v) is 1.77. The van der Waals surface area contributed by atoms with Crippen molar-refractivity contribution >= 4 is 6.85 Å². The molecule has 1 nitrogen and oxygen atoms in total. The Morgan fingerprint density at radius 3 is 1.58 bits per heavy atom. The van der Waals surface area contributed by atoms with Crippen molar-refractivity contribution in [1.82, 2.24) is 4.81 Å². The fraction of sp³-hybridized carbons (Fsp3) is 0.200. The zero-order valence-corrected chi connectivity index (χ0v) is 7.64. The molecule has 0 unspecified atom stereocenters. The van der Waals surface area contributed by atoms with E-state index in [1.165, 1.54) is 0 Å². The van der Waals surface area contributed by atoms with E-state index in [4.69, 9.17) is 0 Å². The molecule has 12 heavy (non-hydrogen) atoms. The molecule has 1 aliphatic heterocycles. The van der Waals surface area contributed by atoms with Crippen LogP contribution in [0.1, 0.15) is 0 Å². The summed E-state index contributed by atoms with van der Waals surface area (Å²) in [7, 11) is 4.15. The Labute approximate surface area is 74.9 Å². The fourth-order valence-corrected chi connectivity index (χ4v) is 1.02. The van der Waals surface area contributed by atoms with Gasteiger partial charge in [0.05, 0.1) is 0 Å². The molecular weight excluding hydrogens is 145 g/mol. The number of hydrogen-bond acceptors (Lipinski definition) is 1. The number of nitrogens with zero attached hydrogens (tertiary/aromatic N) is 1. The van der Waals surface area contributed by atoms with Crippen LogP contribution in [0.4, 0.5) is 0 Å². The summed E-state index contributed by atoms with van der Waals surface area (Å²) < 4.78 is 0. The van der Waals surface area contributed by atoms with Crippen LogP contribution < -0.4 is 0 Å². The topological polar surface area (TPSA) is 3.24 Å². The molecule has 1 heterocycles. The molecule has 0 aromatic rings. The summed E-state index contributed by atoms with van der Waals surface area (Å²) in [5.41, 5.74) is 0. The van der Waals surface area contributed by atoms with Gasteiger partial charge in [-0.1, -0.05) is 48.4 Å². The molecule has 0 fully saturated rings. The Balaban J connectivity index is 2.74. The van der Waals surface area contributed by atoms with Crippen molar-refractivity contribution in [2.45, 2.75) is 0 Å². The highest BCUT2D eigenvalue weighted by Crippen LogP contribution is 1.96. The highest BCUT2D eigenvalue weighted by Gasteiger charge is 2.07. The molecule has 1 aliphatic rings. The van der Waals surface area contributed by atoms with Gasteiger partial charge in [0.15, 0.2) is 0 Å².